The lowest BCUT2D eigenvalue weighted by Gasteiger charge is -2.06. The monoisotopic (exact) mass is 409 g/mol. The summed E-state index contributed by atoms with van der Waals surface area (Å²) >= 11 is 5.95. The van der Waals surface area contributed by atoms with Crippen LogP contribution in [0.25, 0.3) is 0 Å². The highest BCUT2D eigenvalue weighted by molar-refractivity contribution is 6.30. The molecule has 1 amide bonds. The Kier molecular flexibility index (Phi) is 6.55. The molecule has 0 bridgehead atoms. The maximum Gasteiger partial charge on any atom is 0.271 e. The number of amides is 1. The van der Waals surface area contributed by atoms with E-state index in [-0.39, 0.29) is 11.3 Å². The number of nitrogens with zero attached hydrogens (tertiary/aromatic N) is 2. The molecule has 146 valence electrons. The molecule has 0 heterocycles. The van der Waals surface area contributed by atoms with Crippen LogP contribution in [0.15, 0.2) is 77.9 Å². The SMILES string of the molecule is O=C(N/N=C\c1ccc(OCc2cccc(Cl)c2)cc1)c1ccc([N+](=O)[O-])cc1. The van der Waals surface area contributed by atoms with E-state index in [4.69, 9.17) is 16.3 Å². The van der Waals surface area contributed by atoms with Crippen molar-refractivity contribution in [1.82, 2.24) is 5.43 Å². The normalized spacial score (nSPS) is 10.7. The van der Waals surface area contributed by atoms with Crippen LogP contribution in [0, 0.1) is 10.1 Å². The van der Waals surface area contributed by atoms with Crippen molar-refractivity contribution in [2.75, 3.05) is 0 Å². The molecule has 0 aromatic heterocycles. The predicted molar refractivity (Wildman–Crippen MR) is 110 cm³/mol. The number of hydrazone groups is 1. The number of ether oxygens (including phenoxy) is 1. The van der Waals surface area contributed by atoms with Crippen LogP contribution >= 0.6 is 11.6 Å². The fraction of sp³-hybridized carbons (Fsp3) is 0.0476. The van der Waals surface area contributed by atoms with E-state index in [1.54, 1.807) is 30.3 Å². The molecule has 0 saturated carbocycles. The quantitative estimate of drug-likeness (QED) is 0.351. The Hall–Kier alpha value is -3.71. The second-order valence-corrected chi connectivity index (χ2v) is 6.43. The second-order valence-electron chi connectivity index (χ2n) is 5.99. The van der Waals surface area contributed by atoms with E-state index >= 15 is 0 Å². The Bertz CT molecular complexity index is 1030. The Morgan fingerprint density at radius 1 is 1.10 bits per heavy atom. The molecule has 3 aromatic carbocycles. The van der Waals surface area contributed by atoms with Gasteiger partial charge in [0.15, 0.2) is 0 Å². The zero-order chi connectivity index (χ0) is 20.6. The first-order chi connectivity index (χ1) is 14.0. The molecule has 0 unspecified atom stereocenters. The van der Waals surface area contributed by atoms with Gasteiger partial charge >= 0.3 is 0 Å². The van der Waals surface area contributed by atoms with Crippen molar-refractivity contribution in [3.05, 3.63) is 105 Å². The Balaban J connectivity index is 1.51. The standard InChI is InChI=1S/C21H16ClN3O4/c22-18-3-1-2-16(12-18)14-29-20-10-4-15(5-11-20)13-23-24-21(26)17-6-8-19(9-7-17)25(27)28/h1-13H,14H2,(H,24,26)/b23-13-. The molecule has 29 heavy (non-hydrogen) atoms. The van der Waals surface area contributed by atoms with Crippen molar-refractivity contribution >= 4 is 29.4 Å². The van der Waals surface area contributed by atoms with Crippen molar-refractivity contribution in [1.29, 1.82) is 0 Å². The predicted octanol–water partition coefficient (Wildman–Crippen LogP) is 4.59. The molecular weight excluding hydrogens is 394 g/mol. The van der Waals surface area contributed by atoms with E-state index in [1.165, 1.54) is 30.5 Å². The van der Waals surface area contributed by atoms with E-state index in [1.807, 2.05) is 18.2 Å². The summed E-state index contributed by atoms with van der Waals surface area (Å²) in [7, 11) is 0. The lowest BCUT2D eigenvalue weighted by molar-refractivity contribution is -0.384. The first-order valence-electron chi connectivity index (χ1n) is 8.56. The summed E-state index contributed by atoms with van der Waals surface area (Å²) in [4.78, 5) is 22.1. The number of hydrogen-bond acceptors (Lipinski definition) is 5. The molecule has 0 radical (unpaired) electrons. The van der Waals surface area contributed by atoms with Gasteiger partial charge in [-0.25, -0.2) is 5.43 Å². The molecule has 0 aliphatic carbocycles. The molecule has 7 nitrogen and oxygen atoms in total. The summed E-state index contributed by atoms with van der Waals surface area (Å²) in [5.74, 6) is 0.231. The van der Waals surface area contributed by atoms with Crippen LogP contribution in [-0.2, 0) is 6.61 Å². The number of nitro groups is 1. The van der Waals surface area contributed by atoms with Crippen LogP contribution in [-0.4, -0.2) is 17.0 Å². The van der Waals surface area contributed by atoms with Gasteiger partial charge in [0.2, 0.25) is 0 Å². The minimum Gasteiger partial charge on any atom is -0.489 e. The van der Waals surface area contributed by atoms with Crippen LogP contribution in [0.1, 0.15) is 21.5 Å². The number of nitro benzene ring substituents is 1. The molecule has 0 atom stereocenters. The molecule has 8 heteroatoms. The lowest BCUT2D eigenvalue weighted by atomic mass is 10.2. The van der Waals surface area contributed by atoms with Crippen molar-refractivity contribution in [2.45, 2.75) is 6.61 Å². The molecular formula is C21H16ClN3O4. The van der Waals surface area contributed by atoms with Gasteiger partial charge in [-0.3, -0.25) is 14.9 Å². The van der Waals surface area contributed by atoms with E-state index in [2.05, 4.69) is 10.5 Å². The minimum atomic E-state index is -0.526. The summed E-state index contributed by atoms with van der Waals surface area (Å²) < 4.78 is 5.71. The maximum absolute atomic E-state index is 12.0. The van der Waals surface area contributed by atoms with Crippen molar-refractivity contribution in [3.8, 4) is 5.75 Å². The largest absolute Gasteiger partial charge is 0.489 e. The highest BCUT2D eigenvalue weighted by Gasteiger charge is 2.08. The number of halogens is 1. The van der Waals surface area contributed by atoms with Crippen LogP contribution < -0.4 is 10.2 Å². The number of non-ortho nitro benzene ring substituents is 1. The molecule has 0 aliphatic rings. The van der Waals surface area contributed by atoms with Gasteiger partial charge in [0.05, 0.1) is 11.1 Å². The molecule has 0 spiro atoms. The molecule has 1 N–H and O–H groups in total. The van der Waals surface area contributed by atoms with Gasteiger partial charge < -0.3 is 4.74 Å². The van der Waals surface area contributed by atoms with Gasteiger partial charge in [0, 0.05) is 22.7 Å². The molecule has 0 saturated heterocycles. The van der Waals surface area contributed by atoms with Crippen LogP contribution in [0.5, 0.6) is 5.75 Å². The number of benzene rings is 3. The smallest absolute Gasteiger partial charge is 0.271 e. The van der Waals surface area contributed by atoms with Crippen LogP contribution in [0.2, 0.25) is 5.02 Å². The number of nitrogens with one attached hydrogen (secondary N) is 1. The molecule has 0 aliphatic heterocycles. The zero-order valence-electron chi connectivity index (χ0n) is 15.1. The van der Waals surface area contributed by atoms with Gasteiger partial charge in [-0.15, -0.1) is 0 Å². The van der Waals surface area contributed by atoms with Gasteiger partial charge in [0.1, 0.15) is 12.4 Å². The second kappa shape index (κ2) is 9.48. The fourth-order valence-electron chi connectivity index (χ4n) is 2.41. The lowest BCUT2D eigenvalue weighted by Crippen LogP contribution is -2.17. The highest BCUT2D eigenvalue weighted by Crippen LogP contribution is 2.16. The summed E-state index contributed by atoms with van der Waals surface area (Å²) in [6.45, 7) is 0.402. The average molecular weight is 410 g/mol. The third-order valence-corrected chi connectivity index (χ3v) is 4.13. The third-order valence-electron chi connectivity index (χ3n) is 3.89. The number of carbonyl (C=O) groups is 1. The zero-order valence-corrected chi connectivity index (χ0v) is 15.9. The molecule has 3 aromatic rings. The number of hydrogen-bond donors (Lipinski definition) is 1. The Labute approximate surface area is 171 Å². The van der Waals surface area contributed by atoms with Crippen LogP contribution in [0.3, 0.4) is 0 Å². The van der Waals surface area contributed by atoms with Crippen molar-refractivity contribution in [2.24, 2.45) is 5.10 Å². The Morgan fingerprint density at radius 2 is 1.83 bits per heavy atom. The summed E-state index contributed by atoms with van der Waals surface area (Å²) in [5.41, 5.74) is 4.31. The van der Waals surface area contributed by atoms with E-state index in [0.29, 0.717) is 17.4 Å². The number of carbonyl (C=O) groups excluding carboxylic acids is 1. The number of rotatable bonds is 7. The Morgan fingerprint density at radius 3 is 2.48 bits per heavy atom. The average Bonchev–Trinajstić information content (AvgIpc) is 2.73. The van der Waals surface area contributed by atoms with Crippen LogP contribution in [0.4, 0.5) is 5.69 Å². The maximum atomic E-state index is 12.0. The third kappa shape index (κ3) is 5.88. The van der Waals surface area contributed by atoms with Gasteiger partial charge in [-0.05, 0) is 59.7 Å². The topological polar surface area (TPSA) is 93.8 Å². The van der Waals surface area contributed by atoms with E-state index < -0.39 is 10.8 Å². The van der Waals surface area contributed by atoms with Gasteiger partial charge in [-0.1, -0.05) is 23.7 Å². The summed E-state index contributed by atoms with van der Waals surface area (Å²) in [6.07, 6.45) is 1.49. The first kappa shape index (κ1) is 20.0. The minimum absolute atomic E-state index is 0.0808. The summed E-state index contributed by atoms with van der Waals surface area (Å²) in [5, 5.41) is 15.2. The van der Waals surface area contributed by atoms with Crippen molar-refractivity contribution in [3.63, 3.8) is 0 Å². The fourth-order valence-corrected chi connectivity index (χ4v) is 2.62. The molecule has 3 rings (SSSR count). The van der Waals surface area contributed by atoms with Gasteiger partial charge in [0.25, 0.3) is 11.6 Å². The molecule has 0 fully saturated rings. The first-order valence-corrected chi connectivity index (χ1v) is 8.94. The van der Waals surface area contributed by atoms with Gasteiger partial charge in [-0.2, -0.15) is 5.10 Å². The van der Waals surface area contributed by atoms with E-state index in [0.717, 1.165) is 11.1 Å². The van der Waals surface area contributed by atoms with E-state index in [9.17, 15) is 14.9 Å². The highest BCUT2D eigenvalue weighted by atomic mass is 35.5. The summed E-state index contributed by atoms with van der Waals surface area (Å²) in [6, 6.07) is 19.9. The van der Waals surface area contributed by atoms with Crippen molar-refractivity contribution < 1.29 is 14.5 Å².